The van der Waals surface area contributed by atoms with Gasteiger partial charge in [0.15, 0.2) is 0 Å². The fourth-order valence-electron chi connectivity index (χ4n) is 1.38. The molecule has 0 atom stereocenters. The van der Waals surface area contributed by atoms with Gasteiger partial charge in [-0.3, -0.25) is 14.6 Å². The summed E-state index contributed by atoms with van der Waals surface area (Å²) in [4.78, 5) is 11.8. The van der Waals surface area contributed by atoms with Crippen molar-refractivity contribution in [2.24, 2.45) is 12.1 Å². The van der Waals surface area contributed by atoms with Crippen LogP contribution < -0.4 is 5.43 Å². The molecule has 0 aromatic carbocycles. The molecule has 0 unspecified atom stereocenters. The highest BCUT2D eigenvalue weighted by Gasteiger charge is 2.14. The summed E-state index contributed by atoms with van der Waals surface area (Å²) in [6, 6.07) is 1.82. The van der Waals surface area contributed by atoms with Gasteiger partial charge in [-0.05, 0) is 28.9 Å². The maximum absolute atomic E-state index is 11.8. The summed E-state index contributed by atoms with van der Waals surface area (Å²) in [6.07, 6.45) is 3.02. The Morgan fingerprint density at radius 3 is 3.00 bits per heavy atom. The van der Waals surface area contributed by atoms with E-state index in [1.54, 1.807) is 13.2 Å². The number of nitrogens with zero attached hydrogens (tertiary/aromatic N) is 4. The van der Waals surface area contributed by atoms with Gasteiger partial charge in [0, 0.05) is 12.7 Å². The lowest BCUT2D eigenvalue weighted by molar-refractivity contribution is 0.0945. The predicted molar refractivity (Wildman–Crippen MR) is 69.3 cm³/mol. The third kappa shape index (κ3) is 2.65. The number of rotatable bonds is 3. The summed E-state index contributed by atoms with van der Waals surface area (Å²) in [5.41, 5.74) is 4.40. The van der Waals surface area contributed by atoms with Crippen molar-refractivity contribution in [3.8, 4) is 0 Å². The summed E-state index contributed by atoms with van der Waals surface area (Å²) >= 11 is 3.24. The van der Waals surface area contributed by atoms with Crippen molar-refractivity contribution < 1.29 is 4.79 Å². The molecule has 8 heteroatoms. The van der Waals surface area contributed by atoms with Crippen LogP contribution in [0.4, 0.5) is 0 Å². The Kier molecular flexibility index (Phi) is 3.56. The number of nitrogens with one attached hydrogen (secondary N) is 2. The molecule has 18 heavy (non-hydrogen) atoms. The van der Waals surface area contributed by atoms with E-state index in [1.807, 2.05) is 13.0 Å². The molecule has 0 bridgehead atoms. The largest absolute Gasteiger partial charge is 0.290 e. The molecule has 94 valence electrons. The highest BCUT2D eigenvalue weighted by atomic mass is 79.9. The number of aryl methyl sites for hydroxylation is 2. The first-order valence-corrected chi connectivity index (χ1v) is 5.90. The van der Waals surface area contributed by atoms with Crippen LogP contribution in [0.2, 0.25) is 0 Å². The van der Waals surface area contributed by atoms with Crippen molar-refractivity contribution in [1.82, 2.24) is 25.4 Å². The summed E-state index contributed by atoms with van der Waals surface area (Å²) in [6.45, 7) is 1.88. The number of aromatic nitrogens is 4. The molecule has 0 aliphatic rings. The second-order valence-corrected chi connectivity index (χ2v) is 4.49. The van der Waals surface area contributed by atoms with Crippen molar-refractivity contribution in [3.05, 3.63) is 33.8 Å². The standard InChI is InChI=1S/C10H11BrN6O/c1-6-3-7(15-14-6)4-12-16-10(18)9-8(11)5-13-17(9)2/h3-5H,1-2H3,(H,14,15)(H,16,18)/b12-4+. The fourth-order valence-corrected chi connectivity index (χ4v) is 1.91. The van der Waals surface area contributed by atoms with Gasteiger partial charge in [0.1, 0.15) is 11.4 Å². The summed E-state index contributed by atoms with van der Waals surface area (Å²) in [5.74, 6) is -0.342. The first kappa shape index (κ1) is 12.5. The van der Waals surface area contributed by atoms with Crippen LogP contribution in [0.1, 0.15) is 21.9 Å². The Morgan fingerprint density at radius 1 is 1.67 bits per heavy atom. The van der Waals surface area contributed by atoms with E-state index in [9.17, 15) is 4.79 Å². The first-order valence-electron chi connectivity index (χ1n) is 5.11. The molecule has 2 N–H and O–H groups in total. The van der Waals surface area contributed by atoms with Crippen LogP contribution in [0.25, 0.3) is 0 Å². The lowest BCUT2D eigenvalue weighted by Gasteiger charge is -2.00. The number of carbonyl (C=O) groups is 1. The van der Waals surface area contributed by atoms with Crippen LogP contribution in [-0.4, -0.2) is 32.1 Å². The van der Waals surface area contributed by atoms with E-state index < -0.39 is 0 Å². The Morgan fingerprint density at radius 2 is 2.44 bits per heavy atom. The average Bonchev–Trinajstić information content (AvgIpc) is 2.86. The molecule has 1 amide bonds. The van der Waals surface area contributed by atoms with Gasteiger partial charge in [-0.25, -0.2) is 5.43 Å². The minimum absolute atomic E-state index is 0.342. The average molecular weight is 311 g/mol. The normalized spacial score (nSPS) is 11.1. The van der Waals surface area contributed by atoms with Gasteiger partial charge < -0.3 is 0 Å². The maximum Gasteiger partial charge on any atom is 0.290 e. The first-order chi connectivity index (χ1) is 8.58. The van der Waals surface area contributed by atoms with Gasteiger partial charge in [0.25, 0.3) is 5.91 Å². The van der Waals surface area contributed by atoms with Crippen molar-refractivity contribution in [2.45, 2.75) is 6.92 Å². The molecule has 0 fully saturated rings. The van der Waals surface area contributed by atoms with Crippen LogP contribution >= 0.6 is 15.9 Å². The van der Waals surface area contributed by atoms with E-state index in [4.69, 9.17) is 0 Å². The SMILES string of the molecule is Cc1cc(/C=N/NC(=O)c2c(Br)cnn2C)n[nH]1. The molecule has 0 saturated heterocycles. The molecule has 0 spiro atoms. The van der Waals surface area contributed by atoms with Crippen LogP contribution in [0.15, 0.2) is 21.8 Å². The zero-order valence-corrected chi connectivity index (χ0v) is 11.4. The second kappa shape index (κ2) is 5.13. The highest BCUT2D eigenvalue weighted by molar-refractivity contribution is 9.10. The minimum atomic E-state index is -0.342. The molecule has 0 aliphatic heterocycles. The van der Waals surface area contributed by atoms with Gasteiger partial charge in [0.2, 0.25) is 0 Å². The van der Waals surface area contributed by atoms with Crippen LogP contribution in [-0.2, 0) is 7.05 Å². The second-order valence-electron chi connectivity index (χ2n) is 3.64. The zero-order valence-electron chi connectivity index (χ0n) is 9.81. The summed E-state index contributed by atoms with van der Waals surface area (Å²) in [5, 5.41) is 14.5. The van der Waals surface area contributed by atoms with Crippen molar-refractivity contribution >= 4 is 28.1 Å². The Labute approximate surface area is 111 Å². The monoisotopic (exact) mass is 310 g/mol. The third-order valence-electron chi connectivity index (χ3n) is 2.20. The van der Waals surface area contributed by atoms with Crippen LogP contribution in [0, 0.1) is 6.92 Å². The van der Waals surface area contributed by atoms with Gasteiger partial charge in [-0.15, -0.1) is 0 Å². The molecular weight excluding hydrogens is 300 g/mol. The van der Waals surface area contributed by atoms with E-state index in [0.717, 1.165) is 5.69 Å². The number of halogens is 1. The molecule has 2 aromatic rings. The molecule has 2 aromatic heterocycles. The molecule has 0 aliphatic carbocycles. The third-order valence-corrected chi connectivity index (χ3v) is 2.78. The predicted octanol–water partition coefficient (Wildman–Crippen LogP) is 0.978. The van der Waals surface area contributed by atoms with Crippen molar-refractivity contribution in [2.75, 3.05) is 0 Å². The van der Waals surface area contributed by atoms with E-state index >= 15 is 0 Å². The number of hydrogen-bond donors (Lipinski definition) is 2. The molecule has 2 rings (SSSR count). The number of H-pyrrole nitrogens is 1. The summed E-state index contributed by atoms with van der Waals surface area (Å²) < 4.78 is 2.08. The van der Waals surface area contributed by atoms with E-state index in [-0.39, 0.29) is 5.91 Å². The Balaban J connectivity index is 2.03. The number of hydrazone groups is 1. The number of amides is 1. The zero-order chi connectivity index (χ0) is 13.1. The highest BCUT2D eigenvalue weighted by Crippen LogP contribution is 2.14. The van der Waals surface area contributed by atoms with E-state index in [1.165, 1.54) is 10.9 Å². The molecule has 0 radical (unpaired) electrons. The Hall–Kier alpha value is -1.96. The molecule has 2 heterocycles. The molecule has 7 nitrogen and oxygen atoms in total. The van der Waals surface area contributed by atoms with E-state index in [0.29, 0.717) is 15.9 Å². The van der Waals surface area contributed by atoms with Crippen molar-refractivity contribution in [1.29, 1.82) is 0 Å². The van der Waals surface area contributed by atoms with Gasteiger partial charge >= 0.3 is 0 Å². The minimum Gasteiger partial charge on any atom is -0.282 e. The number of carbonyl (C=O) groups excluding carboxylic acids is 1. The number of aromatic amines is 1. The van der Waals surface area contributed by atoms with Crippen LogP contribution in [0.5, 0.6) is 0 Å². The van der Waals surface area contributed by atoms with Crippen LogP contribution in [0.3, 0.4) is 0 Å². The lowest BCUT2D eigenvalue weighted by atomic mass is 10.4. The molecular formula is C10H11BrN6O. The maximum atomic E-state index is 11.8. The van der Waals surface area contributed by atoms with Gasteiger partial charge in [-0.2, -0.15) is 15.3 Å². The fraction of sp³-hybridized carbons (Fsp3) is 0.200. The van der Waals surface area contributed by atoms with E-state index in [2.05, 4.69) is 41.8 Å². The molecule has 0 saturated carbocycles. The topological polar surface area (TPSA) is 88.0 Å². The van der Waals surface area contributed by atoms with Gasteiger partial charge in [-0.1, -0.05) is 0 Å². The quantitative estimate of drug-likeness (QED) is 0.654. The number of hydrogen-bond acceptors (Lipinski definition) is 4. The smallest absolute Gasteiger partial charge is 0.282 e. The summed E-state index contributed by atoms with van der Waals surface area (Å²) in [7, 11) is 1.68. The van der Waals surface area contributed by atoms with Gasteiger partial charge in [0.05, 0.1) is 16.9 Å². The lowest BCUT2D eigenvalue weighted by Crippen LogP contribution is -2.21. The van der Waals surface area contributed by atoms with Crippen molar-refractivity contribution in [3.63, 3.8) is 0 Å². The Bertz CT molecular complexity index is 580.